The fraction of sp³-hybridized carbons (Fsp3) is 0.750. The van der Waals surface area contributed by atoms with Crippen LogP contribution in [0.3, 0.4) is 0 Å². The van der Waals surface area contributed by atoms with E-state index in [1.54, 1.807) is 6.92 Å². The summed E-state index contributed by atoms with van der Waals surface area (Å²) in [6.07, 6.45) is 0.534. The number of nitrogens with one attached hydrogen (secondary N) is 1. The molecule has 0 bridgehead atoms. The Balaban J connectivity index is 0. The average molecular weight is 566 g/mol. The molecule has 0 heterocycles. The minimum Gasteiger partial charge on any atom is -0.465 e. The van der Waals surface area contributed by atoms with Crippen LogP contribution in [0.2, 0.25) is 0 Å². The molecule has 0 aromatic heterocycles. The Kier molecular flexibility index (Phi) is 17.3. The monoisotopic (exact) mass is 566 g/mol. The van der Waals surface area contributed by atoms with E-state index < -0.39 is 12.2 Å². The molecule has 6 nitrogen and oxygen atoms in total. The van der Waals surface area contributed by atoms with Crippen molar-refractivity contribution < 1.29 is 19.4 Å². The molecule has 0 spiro atoms. The lowest BCUT2D eigenvalue weighted by atomic mass is 10.0. The number of halogens is 2. The van der Waals surface area contributed by atoms with Gasteiger partial charge >= 0.3 is 12.2 Å². The van der Waals surface area contributed by atoms with Crippen LogP contribution in [0.5, 0.6) is 0 Å². The molecule has 140 valence electrons. The first kappa shape index (κ1) is 25.8. The molecule has 0 aromatic rings. The van der Waals surface area contributed by atoms with E-state index in [2.05, 4.69) is 80.9 Å². The van der Waals surface area contributed by atoms with Gasteiger partial charge in [0, 0.05) is 14.4 Å². The predicted octanol–water partition coefficient (Wildman–Crippen LogP) is 4.04. The number of nitrogens with two attached hydrogens (primary N) is 1. The van der Waals surface area contributed by atoms with Crippen molar-refractivity contribution in [1.82, 2.24) is 5.32 Å². The molecule has 4 unspecified atom stereocenters. The molecule has 0 rings (SSSR count). The summed E-state index contributed by atoms with van der Waals surface area (Å²) in [6.45, 7) is 8.86. The molecular formula is C16H28I2N2O4. The van der Waals surface area contributed by atoms with Gasteiger partial charge in [0.2, 0.25) is 0 Å². The third-order valence-corrected chi connectivity index (χ3v) is 5.00. The Morgan fingerprint density at radius 3 is 2.21 bits per heavy atom. The van der Waals surface area contributed by atoms with Crippen molar-refractivity contribution >= 4 is 57.4 Å². The number of carboxylic acid groups (broad SMARTS) is 1. The number of carbonyl (C=O) groups is 2. The van der Waals surface area contributed by atoms with Crippen molar-refractivity contribution in [1.29, 1.82) is 0 Å². The van der Waals surface area contributed by atoms with E-state index in [1.165, 1.54) is 0 Å². The van der Waals surface area contributed by atoms with Gasteiger partial charge in [-0.15, -0.1) is 5.92 Å². The van der Waals surface area contributed by atoms with E-state index in [1.807, 2.05) is 6.92 Å². The second-order valence-corrected chi connectivity index (χ2v) is 9.15. The fourth-order valence-corrected chi connectivity index (χ4v) is 2.73. The van der Waals surface area contributed by atoms with E-state index >= 15 is 0 Å². The molecule has 8 heteroatoms. The summed E-state index contributed by atoms with van der Waals surface area (Å²) in [6, 6.07) is 0. The molecule has 0 aliphatic carbocycles. The Bertz CT molecular complexity index is 420. The van der Waals surface area contributed by atoms with Gasteiger partial charge in [-0.2, -0.15) is 0 Å². The molecule has 0 saturated heterocycles. The summed E-state index contributed by atoms with van der Waals surface area (Å²) < 4.78 is 5.51. The molecule has 4 N–H and O–H groups in total. The lowest BCUT2D eigenvalue weighted by molar-refractivity contribution is 0.147. The fourth-order valence-electron chi connectivity index (χ4n) is 1.73. The third-order valence-electron chi connectivity index (χ3n) is 3.11. The van der Waals surface area contributed by atoms with Crippen molar-refractivity contribution in [2.24, 2.45) is 17.6 Å². The van der Waals surface area contributed by atoms with E-state index in [0.717, 1.165) is 12.8 Å². The first-order valence-electron chi connectivity index (χ1n) is 7.75. The number of alkyl halides is 2. The van der Waals surface area contributed by atoms with Crippen LogP contribution in [0, 0.1) is 23.7 Å². The highest BCUT2D eigenvalue weighted by molar-refractivity contribution is 14.1. The van der Waals surface area contributed by atoms with Gasteiger partial charge in [0.25, 0.3) is 0 Å². The van der Waals surface area contributed by atoms with Crippen LogP contribution in [0.15, 0.2) is 0 Å². The number of carbonyl (C=O) groups excluding carboxylic acids is 1. The first-order valence-corrected chi connectivity index (χ1v) is 10.2. The van der Waals surface area contributed by atoms with Crippen LogP contribution in [-0.4, -0.2) is 38.3 Å². The largest absolute Gasteiger partial charge is 0.465 e. The van der Waals surface area contributed by atoms with Crippen LogP contribution in [-0.2, 0) is 4.74 Å². The Morgan fingerprint density at radius 1 is 1.29 bits per heavy atom. The summed E-state index contributed by atoms with van der Waals surface area (Å²) in [7, 11) is 0. The van der Waals surface area contributed by atoms with Crippen molar-refractivity contribution in [3.8, 4) is 11.8 Å². The third kappa shape index (κ3) is 16.4. The summed E-state index contributed by atoms with van der Waals surface area (Å²) in [5, 5.41) is 10.8. The number of ether oxygens (including phenoxy) is 1. The van der Waals surface area contributed by atoms with E-state index in [-0.39, 0.29) is 12.5 Å². The van der Waals surface area contributed by atoms with E-state index in [0.29, 0.717) is 20.3 Å². The summed E-state index contributed by atoms with van der Waals surface area (Å²) in [5.41, 5.74) is 4.83. The van der Waals surface area contributed by atoms with Crippen LogP contribution in [0.25, 0.3) is 0 Å². The van der Waals surface area contributed by atoms with Crippen LogP contribution in [0.4, 0.5) is 9.59 Å². The Hall–Kier alpha value is -0.440. The van der Waals surface area contributed by atoms with Gasteiger partial charge in [0.15, 0.2) is 0 Å². The summed E-state index contributed by atoms with van der Waals surface area (Å²) >= 11 is 4.58. The number of hydrogen-bond acceptors (Lipinski definition) is 3. The maximum atomic E-state index is 10.3. The molecule has 0 aromatic carbocycles. The molecule has 24 heavy (non-hydrogen) atoms. The lowest BCUT2D eigenvalue weighted by Crippen LogP contribution is -2.30. The zero-order valence-electron chi connectivity index (χ0n) is 14.6. The summed E-state index contributed by atoms with van der Waals surface area (Å²) in [5.74, 6) is 6.27. The topological polar surface area (TPSA) is 102 Å². The maximum absolute atomic E-state index is 10.3. The summed E-state index contributed by atoms with van der Waals surface area (Å²) in [4.78, 5) is 20.5. The van der Waals surface area contributed by atoms with E-state index in [4.69, 9.17) is 10.8 Å². The maximum Gasteiger partial charge on any atom is 0.404 e. The van der Waals surface area contributed by atoms with Crippen molar-refractivity contribution in [2.45, 2.75) is 48.4 Å². The molecule has 0 radical (unpaired) electrons. The minimum atomic E-state index is -0.923. The number of hydrogen-bond donors (Lipinski definition) is 3. The SMILES string of the molecule is CC#CC(COC(N)=O)C(C)I.CCCC(CNC(=O)O)C(C)I. The van der Waals surface area contributed by atoms with Gasteiger partial charge in [-0.1, -0.05) is 78.3 Å². The van der Waals surface area contributed by atoms with Crippen LogP contribution in [0.1, 0.15) is 40.5 Å². The highest BCUT2D eigenvalue weighted by Gasteiger charge is 2.14. The second kappa shape index (κ2) is 16.1. The molecule has 2 amide bonds. The number of amides is 2. The lowest BCUT2D eigenvalue weighted by Gasteiger charge is -2.18. The number of primary amides is 1. The van der Waals surface area contributed by atoms with Gasteiger partial charge < -0.3 is 20.9 Å². The van der Waals surface area contributed by atoms with Gasteiger partial charge in [-0.05, 0) is 19.3 Å². The zero-order chi connectivity index (χ0) is 19.1. The zero-order valence-corrected chi connectivity index (χ0v) is 19.0. The van der Waals surface area contributed by atoms with Crippen molar-refractivity contribution in [3.63, 3.8) is 0 Å². The van der Waals surface area contributed by atoms with Gasteiger partial charge in [0.05, 0.1) is 5.92 Å². The Labute approximate surface area is 172 Å². The second-order valence-electron chi connectivity index (χ2n) is 5.22. The molecule has 0 aliphatic heterocycles. The molecule has 0 saturated carbocycles. The quantitative estimate of drug-likeness (QED) is 0.235. The molecular weight excluding hydrogens is 538 g/mol. The smallest absolute Gasteiger partial charge is 0.404 e. The van der Waals surface area contributed by atoms with Gasteiger partial charge in [-0.25, -0.2) is 9.59 Å². The first-order chi connectivity index (χ1) is 11.1. The normalized spacial score (nSPS) is 14.6. The van der Waals surface area contributed by atoms with Crippen molar-refractivity contribution in [3.05, 3.63) is 0 Å². The highest BCUT2D eigenvalue weighted by atomic mass is 127. The molecule has 4 atom stereocenters. The minimum absolute atomic E-state index is 0.0723. The number of rotatable bonds is 8. The van der Waals surface area contributed by atoms with Crippen LogP contribution >= 0.6 is 45.2 Å². The highest BCUT2D eigenvalue weighted by Crippen LogP contribution is 2.17. The van der Waals surface area contributed by atoms with Crippen molar-refractivity contribution in [2.75, 3.05) is 13.2 Å². The van der Waals surface area contributed by atoms with Gasteiger partial charge in [0.1, 0.15) is 6.61 Å². The van der Waals surface area contributed by atoms with Gasteiger partial charge in [-0.3, -0.25) is 0 Å². The predicted molar refractivity (Wildman–Crippen MR) is 114 cm³/mol. The average Bonchev–Trinajstić information content (AvgIpc) is 2.47. The molecule has 0 aliphatic rings. The molecule has 0 fully saturated rings. The Morgan fingerprint density at radius 2 is 1.88 bits per heavy atom. The van der Waals surface area contributed by atoms with Crippen LogP contribution < -0.4 is 11.1 Å². The van der Waals surface area contributed by atoms with E-state index in [9.17, 15) is 9.59 Å². The standard InChI is InChI=1S/C8H12INO2.C8H16INO2/c1-3-4-7(6(2)9)5-12-8(10)11;1-3-4-7(6(2)9)5-10-8(11)12/h6-7H,5H2,1-2H3,(H2,10,11);6-7,10H,3-5H2,1-2H3,(H,11,12).